The zero-order valence-corrected chi connectivity index (χ0v) is 18.3. The topological polar surface area (TPSA) is 101 Å². The van der Waals surface area contributed by atoms with Gasteiger partial charge < -0.3 is 9.88 Å². The summed E-state index contributed by atoms with van der Waals surface area (Å²) in [5.74, 6) is 0.365. The van der Waals surface area contributed by atoms with Crippen LogP contribution in [0.25, 0.3) is 22.2 Å². The number of ketones is 1. The van der Waals surface area contributed by atoms with E-state index in [4.69, 9.17) is 5.10 Å². The zero-order chi connectivity index (χ0) is 23.4. The summed E-state index contributed by atoms with van der Waals surface area (Å²) < 4.78 is 17.3. The fraction of sp³-hybridized carbons (Fsp3) is 0.208. The molecule has 1 saturated heterocycles. The Bertz CT molecular complexity index is 1620. The molecule has 1 aromatic carbocycles. The number of nitrogens with one attached hydrogen (secondary N) is 1. The van der Waals surface area contributed by atoms with Crippen molar-refractivity contribution in [2.75, 3.05) is 11.4 Å². The molecule has 0 spiro atoms. The Morgan fingerprint density at radius 1 is 1.18 bits per heavy atom. The van der Waals surface area contributed by atoms with Crippen molar-refractivity contribution >= 4 is 28.2 Å². The molecule has 1 fully saturated rings. The lowest BCUT2D eigenvalue weighted by molar-refractivity contribution is 0.101. The van der Waals surface area contributed by atoms with Crippen molar-refractivity contribution in [2.24, 2.45) is 0 Å². The Hall–Kier alpha value is -4.34. The number of aromatic amines is 1. The third-order valence-electron chi connectivity index (χ3n) is 6.33. The van der Waals surface area contributed by atoms with Crippen LogP contribution < -0.4 is 10.5 Å². The summed E-state index contributed by atoms with van der Waals surface area (Å²) in [6, 6.07) is 10.0. The van der Waals surface area contributed by atoms with Gasteiger partial charge in [-0.3, -0.25) is 14.2 Å². The second kappa shape index (κ2) is 7.62. The van der Waals surface area contributed by atoms with Crippen LogP contribution in [0.15, 0.2) is 59.9 Å². The summed E-state index contributed by atoms with van der Waals surface area (Å²) in [4.78, 5) is 39.7. The lowest BCUT2D eigenvalue weighted by Crippen LogP contribution is -2.33. The Kier molecular flexibility index (Phi) is 4.54. The Balaban J connectivity index is 1.60. The number of carbonyl (C=O) groups excluding carboxylic acids is 1. The van der Waals surface area contributed by atoms with E-state index in [1.54, 1.807) is 18.3 Å². The summed E-state index contributed by atoms with van der Waals surface area (Å²) >= 11 is 0. The molecule has 0 amide bonds. The number of hydrogen-bond acceptors (Lipinski definition) is 6. The average Bonchev–Trinajstić information content (AvgIpc) is 3.57. The second-order valence-electron chi connectivity index (χ2n) is 8.32. The normalized spacial score (nSPS) is 16.1. The minimum Gasteiger partial charge on any atom is -0.346 e. The Labute approximate surface area is 192 Å². The van der Waals surface area contributed by atoms with Crippen LogP contribution in [0.2, 0.25) is 0 Å². The van der Waals surface area contributed by atoms with Gasteiger partial charge in [0.2, 0.25) is 0 Å². The third kappa shape index (κ3) is 2.95. The van der Waals surface area contributed by atoms with Crippen molar-refractivity contribution in [2.45, 2.75) is 25.8 Å². The van der Waals surface area contributed by atoms with Gasteiger partial charge in [-0.15, -0.1) is 0 Å². The largest absolute Gasteiger partial charge is 0.346 e. The van der Waals surface area contributed by atoms with Crippen molar-refractivity contribution in [3.63, 3.8) is 0 Å². The number of nitrogens with zero attached hydrogens (tertiary/aromatic N) is 6. The molecule has 1 atom stereocenters. The van der Waals surface area contributed by atoms with Gasteiger partial charge in [0.05, 0.1) is 17.1 Å². The number of aromatic nitrogens is 6. The first-order chi connectivity index (χ1) is 16.5. The van der Waals surface area contributed by atoms with Crippen LogP contribution >= 0.6 is 0 Å². The van der Waals surface area contributed by atoms with Gasteiger partial charge in [-0.2, -0.15) is 5.10 Å². The SMILES string of the molecule is CC(=O)c1c[nH]c2ncnc(N3CCC[C@H]3c3nn4ccc(F)c4c(=O)n3-c3ccccc3)c12. The molecule has 0 bridgehead atoms. The van der Waals surface area contributed by atoms with Gasteiger partial charge in [0.15, 0.2) is 22.9 Å². The van der Waals surface area contributed by atoms with Gasteiger partial charge in [-0.1, -0.05) is 18.2 Å². The first-order valence-electron chi connectivity index (χ1n) is 11.0. The number of halogens is 1. The molecule has 5 heterocycles. The number of H-pyrrole nitrogens is 1. The summed E-state index contributed by atoms with van der Waals surface area (Å²) in [7, 11) is 0. The smallest absolute Gasteiger partial charge is 0.285 e. The molecule has 1 aliphatic heterocycles. The van der Waals surface area contributed by atoms with Crippen molar-refractivity contribution < 1.29 is 9.18 Å². The molecule has 0 saturated carbocycles. The molecule has 4 aromatic heterocycles. The lowest BCUT2D eigenvalue weighted by atomic mass is 10.1. The summed E-state index contributed by atoms with van der Waals surface area (Å²) in [5.41, 5.74) is 1.09. The maximum absolute atomic E-state index is 14.5. The minimum absolute atomic E-state index is 0.0957. The molecule has 6 rings (SSSR count). The average molecular weight is 457 g/mol. The number of fused-ring (bicyclic) bond motifs is 2. The van der Waals surface area contributed by atoms with Crippen molar-refractivity contribution in [3.05, 3.63) is 82.7 Å². The van der Waals surface area contributed by atoms with Gasteiger partial charge in [0, 0.05) is 24.5 Å². The standard InChI is InChI=1S/C24H20FN7O2/c1-14(33)16-12-26-21-19(16)23(28-13-27-21)30-10-5-8-18(30)22-29-31-11-9-17(25)20(31)24(34)32(22)15-6-3-2-4-7-15/h2-4,6-7,9,11-13,18H,5,8,10H2,1H3,(H,26,27,28)/t18-/m0/s1. The van der Waals surface area contributed by atoms with E-state index in [2.05, 4.69) is 19.9 Å². The van der Waals surface area contributed by atoms with Gasteiger partial charge in [-0.05, 0) is 38.0 Å². The molecule has 34 heavy (non-hydrogen) atoms. The number of rotatable bonds is 4. The lowest BCUT2D eigenvalue weighted by Gasteiger charge is -2.27. The molecule has 170 valence electrons. The highest BCUT2D eigenvalue weighted by Crippen LogP contribution is 2.38. The molecule has 1 N–H and O–H groups in total. The molecule has 1 aliphatic rings. The van der Waals surface area contributed by atoms with Crippen LogP contribution in [0.3, 0.4) is 0 Å². The molecule has 0 unspecified atom stereocenters. The van der Waals surface area contributed by atoms with E-state index in [-0.39, 0.29) is 17.3 Å². The second-order valence-corrected chi connectivity index (χ2v) is 8.32. The quantitative estimate of drug-likeness (QED) is 0.415. The Morgan fingerprint density at radius 3 is 2.79 bits per heavy atom. The highest BCUT2D eigenvalue weighted by molar-refractivity contribution is 6.09. The van der Waals surface area contributed by atoms with E-state index in [1.165, 1.54) is 34.6 Å². The van der Waals surface area contributed by atoms with E-state index in [0.29, 0.717) is 46.9 Å². The summed E-state index contributed by atoms with van der Waals surface area (Å²) in [6.07, 6.45) is 6.09. The van der Waals surface area contributed by atoms with Gasteiger partial charge in [-0.25, -0.2) is 18.9 Å². The predicted molar refractivity (Wildman–Crippen MR) is 124 cm³/mol. The van der Waals surface area contributed by atoms with Crippen LogP contribution in [0, 0.1) is 5.82 Å². The predicted octanol–water partition coefficient (Wildman–Crippen LogP) is 3.44. The number of para-hydroxylation sites is 1. The van der Waals surface area contributed by atoms with Crippen LogP contribution in [-0.4, -0.2) is 41.5 Å². The van der Waals surface area contributed by atoms with Crippen LogP contribution in [0.5, 0.6) is 0 Å². The van der Waals surface area contributed by atoms with Crippen LogP contribution in [0.1, 0.15) is 42.0 Å². The molecule has 9 nitrogen and oxygen atoms in total. The van der Waals surface area contributed by atoms with Crippen molar-refractivity contribution in [3.8, 4) is 5.69 Å². The number of hydrogen-bond donors (Lipinski definition) is 1. The van der Waals surface area contributed by atoms with E-state index >= 15 is 0 Å². The number of carbonyl (C=O) groups is 1. The Morgan fingerprint density at radius 2 is 2.00 bits per heavy atom. The minimum atomic E-state index is -0.618. The monoisotopic (exact) mass is 457 g/mol. The van der Waals surface area contributed by atoms with E-state index in [1.807, 2.05) is 18.2 Å². The molecule has 5 aromatic rings. The first-order valence-corrected chi connectivity index (χ1v) is 11.0. The molecule has 10 heteroatoms. The highest BCUT2D eigenvalue weighted by atomic mass is 19.1. The van der Waals surface area contributed by atoms with E-state index in [9.17, 15) is 14.0 Å². The fourth-order valence-corrected chi connectivity index (χ4v) is 4.82. The molecule has 0 radical (unpaired) electrons. The van der Waals surface area contributed by atoms with E-state index in [0.717, 1.165) is 6.42 Å². The molecular weight excluding hydrogens is 437 g/mol. The van der Waals surface area contributed by atoms with Gasteiger partial charge in [0.25, 0.3) is 5.56 Å². The third-order valence-corrected chi connectivity index (χ3v) is 6.33. The van der Waals surface area contributed by atoms with Crippen molar-refractivity contribution in [1.29, 1.82) is 0 Å². The number of Topliss-reactive ketones (excluding diaryl/α,β-unsaturated/α-hetero) is 1. The maximum atomic E-state index is 14.5. The van der Waals surface area contributed by atoms with Gasteiger partial charge >= 0.3 is 0 Å². The van der Waals surface area contributed by atoms with Crippen molar-refractivity contribution in [1.82, 2.24) is 29.1 Å². The molecule has 0 aliphatic carbocycles. The number of anilines is 1. The highest BCUT2D eigenvalue weighted by Gasteiger charge is 2.34. The summed E-state index contributed by atoms with van der Waals surface area (Å²) in [6.45, 7) is 2.16. The maximum Gasteiger partial charge on any atom is 0.285 e. The summed E-state index contributed by atoms with van der Waals surface area (Å²) in [5, 5.41) is 5.34. The molecular formula is C24H20FN7O2. The van der Waals surface area contributed by atoms with Gasteiger partial charge in [0.1, 0.15) is 17.8 Å². The number of benzene rings is 1. The fourth-order valence-electron chi connectivity index (χ4n) is 4.82. The van der Waals surface area contributed by atoms with Crippen LogP contribution in [-0.2, 0) is 0 Å². The first kappa shape index (κ1) is 20.3. The van der Waals surface area contributed by atoms with E-state index < -0.39 is 11.4 Å². The zero-order valence-electron chi connectivity index (χ0n) is 18.3. The van der Waals surface area contributed by atoms with Crippen LogP contribution in [0.4, 0.5) is 10.2 Å².